The van der Waals surface area contributed by atoms with E-state index in [4.69, 9.17) is 9.47 Å². The molecule has 1 saturated heterocycles. The van der Waals surface area contributed by atoms with Gasteiger partial charge in [0.05, 0.1) is 0 Å². The predicted molar refractivity (Wildman–Crippen MR) is 76.8 cm³/mol. The van der Waals surface area contributed by atoms with Crippen LogP contribution < -0.4 is 20.1 Å². The second-order valence-corrected chi connectivity index (χ2v) is 5.38. The van der Waals surface area contributed by atoms with E-state index >= 15 is 0 Å². The van der Waals surface area contributed by atoms with E-state index in [2.05, 4.69) is 15.6 Å². The molecule has 6 heteroatoms. The second kappa shape index (κ2) is 4.80. The summed E-state index contributed by atoms with van der Waals surface area (Å²) in [4.78, 5) is 16.3. The molecule has 0 radical (unpaired) electrons. The van der Waals surface area contributed by atoms with E-state index in [0.29, 0.717) is 23.3 Å². The number of amides is 1. The van der Waals surface area contributed by atoms with E-state index in [-0.39, 0.29) is 12.7 Å². The Morgan fingerprint density at radius 1 is 1.24 bits per heavy atom. The fourth-order valence-electron chi connectivity index (χ4n) is 2.26. The van der Waals surface area contributed by atoms with Gasteiger partial charge in [-0.25, -0.2) is 0 Å². The smallest absolute Gasteiger partial charge is 0.274 e. The summed E-state index contributed by atoms with van der Waals surface area (Å²) in [5.74, 6) is 2.50. The van der Waals surface area contributed by atoms with E-state index in [1.165, 1.54) is 12.8 Å². The molecule has 1 saturated carbocycles. The molecule has 1 amide bonds. The number of carbonyl (C=O) groups excluding carboxylic acids is 1. The van der Waals surface area contributed by atoms with Gasteiger partial charge in [-0.15, -0.1) is 0 Å². The number of hydrogen-bond acceptors (Lipinski definition) is 4. The molecule has 0 spiro atoms. The fourth-order valence-corrected chi connectivity index (χ4v) is 2.26. The van der Waals surface area contributed by atoms with Gasteiger partial charge in [-0.3, -0.25) is 15.1 Å². The number of ether oxygens (including phenoxy) is 2. The van der Waals surface area contributed by atoms with E-state index in [0.717, 1.165) is 17.9 Å². The number of rotatable bonds is 3. The van der Waals surface area contributed by atoms with Crippen LogP contribution in [0.1, 0.15) is 18.4 Å². The Kier molecular flexibility index (Phi) is 2.80. The van der Waals surface area contributed by atoms with Crippen LogP contribution in [0.2, 0.25) is 0 Å². The first-order valence-electron chi connectivity index (χ1n) is 7.02. The van der Waals surface area contributed by atoms with Crippen LogP contribution in [0.25, 0.3) is 6.08 Å². The van der Waals surface area contributed by atoms with Gasteiger partial charge in [0.1, 0.15) is 5.70 Å². The molecule has 1 aromatic carbocycles. The number of nitrogens with one attached hydrogen (secondary N) is 2. The van der Waals surface area contributed by atoms with E-state index in [1.54, 1.807) is 6.08 Å². The highest BCUT2D eigenvalue weighted by molar-refractivity contribution is 6.15. The highest BCUT2D eigenvalue weighted by Crippen LogP contribution is 2.33. The van der Waals surface area contributed by atoms with Crippen LogP contribution in [0.4, 0.5) is 0 Å². The molecule has 2 aliphatic heterocycles. The molecule has 1 aliphatic carbocycles. The maximum Gasteiger partial charge on any atom is 0.274 e. The zero-order valence-electron chi connectivity index (χ0n) is 11.4. The molecule has 3 aliphatic rings. The maximum atomic E-state index is 11.9. The second-order valence-electron chi connectivity index (χ2n) is 5.38. The molecule has 4 rings (SSSR count). The van der Waals surface area contributed by atoms with Gasteiger partial charge in [-0.05, 0) is 42.5 Å². The molecule has 6 nitrogen and oxygen atoms in total. The lowest BCUT2D eigenvalue weighted by Crippen LogP contribution is -2.25. The maximum absolute atomic E-state index is 11.9. The van der Waals surface area contributed by atoms with E-state index in [1.807, 2.05) is 18.2 Å². The number of hydrogen-bond donors (Lipinski definition) is 2. The first-order valence-corrected chi connectivity index (χ1v) is 7.02. The zero-order chi connectivity index (χ0) is 14.2. The van der Waals surface area contributed by atoms with Gasteiger partial charge >= 0.3 is 0 Å². The van der Waals surface area contributed by atoms with Crippen molar-refractivity contribution in [2.24, 2.45) is 10.9 Å². The zero-order valence-corrected chi connectivity index (χ0v) is 11.4. The van der Waals surface area contributed by atoms with Crippen LogP contribution in [0.15, 0.2) is 28.9 Å². The average Bonchev–Trinajstić information content (AvgIpc) is 3.08. The lowest BCUT2D eigenvalue weighted by atomic mass is 10.1. The summed E-state index contributed by atoms with van der Waals surface area (Å²) in [6, 6.07) is 5.57. The van der Waals surface area contributed by atoms with Crippen LogP contribution in [0.5, 0.6) is 11.5 Å². The molecule has 0 bridgehead atoms. The van der Waals surface area contributed by atoms with Crippen LogP contribution in [-0.4, -0.2) is 25.2 Å². The van der Waals surface area contributed by atoms with Crippen LogP contribution >= 0.6 is 0 Å². The van der Waals surface area contributed by atoms with Crippen molar-refractivity contribution in [1.29, 1.82) is 0 Å². The van der Waals surface area contributed by atoms with Gasteiger partial charge in [0.15, 0.2) is 11.5 Å². The molecule has 1 aromatic rings. The quantitative estimate of drug-likeness (QED) is 0.820. The van der Waals surface area contributed by atoms with Crippen molar-refractivity contribution in [1.82, 2.24) is 10.6 Å². The molecule has 0 aromatic heterocycles. The molecular formula is C15H15N3O3. The van der Waals surface area contributed by atoms with Crippen LogP contribution in [0.3, 0.4) is 0 Å². The minimum atomic E-state index is -0.165. The monoisotopic (exact) mass is 285 g/mol. The largest absolute Gasteiger partial charge is 0.454 e. The Hall–Kier alpha value is -2.50. The highest BCUT2D eigenvalue weighted by Gasteiger charge is 2.25. The van der Waals surface area contributed by atoms with Crippen LogP contribution in [-0.2, 0) is 4.79 Å². The van der Waals surface area contributed by atoms with Gasteiger partial charge in [0.25, 0.3) is 5.91 Å². The van der Waals surface area contributed by atoms with Gasteiger partial charge in [-0.1, -0.05) is 6.07 Å². The third-order valence-corrected chi connectivity index (χ3v) is 3.64. The Morgan fingerprint density at radius 2 is 2.10 bits per heavy atom. The number of carbonyl (C=O) groups is 1. The average molecular weight is 285 g/mol. The summed E-state index contributed by atoms with van der Waals surface area (Å²) in [5, 5.41) is 5.75. The molecular weight excluding hydrogens is 270 g/mol. The molecule has 108 valence electrons. The number of fused-ring (bicyclic) bond motifs is 1. The Balaban J connectivity index is 1.52. The van der Waals surface area contributed by atoms with Gasteiger partial charge in [0.2, 0.25) is 12.8 Å². The van der Waals surface area contributed by atoms with E-state index in [9.17, 15) is 4.79 Å². The van der Waals surface area contributed by atoms with Gasteiger partial charge in [-0.2, -0.15) is 0 Å². The van der Waals surface area contributed by atoms with Crippen molar-refractivity contribution in [2.45, 2.75) is 12.8 Å². The first kappa shape index (κ1) is 12.3. The van der Waals surface area contributed by atoms with Crippen molar-refractivity contribution in [3.63, 3.8) is 0 Å². The van der Waals surface area contributed by atoms with Crippen molar-refractivity contribution >= 4 is 17.9 Å². The lowest BCUT2D eigenvalue weighted by molar-refractivity contribution is -0.115. The standard InChI is InChI=1S/C15H15N3O3/c19-14-11(17-15(18-14)16-7-9-1-2-9)5-10-3-4-12-13(6-10)21-8-20-12/h3-6,9H,1-2,7-8H2,(H2,16,17,18,19)/b11-5-. The molecule has 0 unspecified atom stereocenters. The number of benzene rings is 1. The van der Waals surface area contributed by atoms with Gasteiger partial charge in [0, 0.05) is 6.54 Å². The van der Waals surface area contributed by atoms with Crippen molar-refractivity contribution in [2.75, 3.05) is 13.3 Å². The minimum Gasteiger partial charge on any atom is -0.454 e. The SMILES string of the molecule is O=C1NC(=NCC2CC2)N/C1=C\c1ccc2c(c1)OCO2. The summed E-state index contributed by atoms with van der Waals surface area (Å²) < 4.78 is 10.6. The topological polar surface area (TPSA) is 72.0 Å². The summed E-state index contributed by atoms with van der Waals surface area (Å²) >= 11 is 0. The Morgan fingerprint density at radius 3 is 2.95 bits per heavy atom. The van der Waals surface area contributed by atoms with Gasteiger partial charge < -0.3 is 14.8 Å². The predicted octanol–water partition coefficient (Wildman–Crippen LogP) is 1.24. The molecule has 0 atom stereocenters. The number of aliphatic imine (C=N–C) groups is 1. The van der Waals surface area contributed by atoms with Crippen LogP contribution in [0, 0.1) is 5.92 Å². The third kappa shape index (κ3) is 2.56. The first-order chi connectivity index (χ1) is 10.3. The minimum absolute atomic E-state index is 0.165. The molecule has 2 fully saturated rings. The van der Waals surface area contributed by atoms with Crippen molar-refractivity contribution < 1.29 is 14.3 Å². The summed E-state index contributed by atoms with van der Waals surface area (Å²) in [6.45, 7) is 1.02. The fraction of sp³-hybridized carbons (Fsp3) is 0.333. The lowest BCUT2D eigenvalue weighted by Gasteiger charge is -1.99. The number of nitrogens with zero attached hydrogens (tertiary/aromatic N) is 1. The highest BCUT2D eigenvalue weighted by atomic mass is 16.7. The summed E-state index contributed by atoms with van der Waals surface area (Å²) in [7, 11) is 0. The Bertz CT molecular complexity index is 662. The summed E-state index contributed by atoms with van der Waals surface area (Å²) in [6.07, 6.45) is 4.26. The van der Waals surface area contributed by atoms with Crippen molar-refractivity contribution in [3.05, 3.63) is 29.5 Å². The third-order valence-electron chi connectivity index (χ3n) is 3.64. The molecule has 21 heavy (non-hydrogen) atoms. The normalized spacial score (nSPS) is 23.5. The summed E-state index contributed by atoms with van der Waals surface area (Å²) in [5.41, 5.74) is 1.36. The van der Waals surface area contributed by atoms with E-state index < -0.39 is 0 Å². The van der Waals surface area contributed by atoms with Crippen molar-refractivity contribution in [3.8, 4) is 11.5 Å². The molecule has 2 N–H and O–H groups in total. The Labute approximate surface area is 121 Å². The molecule has 2 heterocycles. The number of guanidine groups is 1.